The first-order valence-corrected chi connectivity index (χ1v) is 9.15. The Hall–Kier alpha value is -2.19. The number of hydrogen-bond donors (Lipinski definition) is 1. The van der Waals surface area contributed by atoms with Crippen molar-refractivity contribution < 1.29 is 0 Å². The molecule has 2 heterocycles. The number of nitrogens with zero attached hydrogens (tertiary/aromatic N) is 5. The van der Waals surface area contributed by atoms with Gasteiger partial charge in [0.05, 0.1) is 10.9 Å². The monoisotopic (exact) mass is 358 g/mol. The summed E-state index contributed by atoms with van der Waals surface area (Å²) in [6, 6.07) is 10.1. The maximum Gasteiger partial charge on any atom is 0.229 e. The summed E-state index contributed by atoms with van der Waals surface area (Å²) < 4.78 is 0.978. The molecule has 0 fully saturated rings. The van der Waals surface area contributed by atoms with Crippen molar-refractivity contribution in [3.8, 4) is 11.3 Å². The van der Waals surface area contributed by atoms with Crippen molar-refractivity contribution in [2.45, 2.75) is 16.5 Å². The van der Waals surface area contributed by atoms with Crippen molar-refractivity contribution >= 4 is 35.0 Å². The Morgan fingerprint density at radius 3 is 2.54 bits per heavy atom. The van der Waals surface area contributed by atoms with Crippen molar-refractivity contribution in [3.63, 3.8) is 0 Å². The quantitative estimate of drug-likeness (QED) is 0.699. The molecule has 0 aliphatic rings. The Morgan fingerprint density at radius 1 is 1.08 bits per heavy atom. The number of thiazole rings is 1. The van der Waals surface area contributed by atoms with Crippen LogP contribution in [0.25, 0.3) is 11.3 Å². The van der Waals surface area contributed by atoms with E-state index in [0.29, 0.717) is 11.8 Å². The van der Waals surface area contributed by atoms with Gasteiger partial charge >= 0.3 is 0 Å². The minimum atomic E-state index is 0.0313. The van der Waals surface area contributed by atoms with Crippen LogP contribution in [0.15, 0.2) is 40.1 Å². The zero-order chi connectivity index (χ0) is 17.1. The Bertz CT molecular complexity index is 818. The van der Waals surface area contributed by atoms with E-state index < -0.39 is 0 Å². The van der Waals surface area contributed by atoms with Crippen LogP contribution in [0.5, 0.6) is 0 Å². The fraction of sp³-hybridized carbons (Fsp3) is 0.250. The fourth-order valence-electron chi connectivity index (χ4n) is 2.04. The van der Waals surface area contributed by atoms with Crippen LogP contribution in [0.1, 0.15) is 18.0 Å². The van der Waals surface area contributed by atoms with Gasteiger partial charge in [-0.1, -0.05) is 42.1 Å². The van der Waals surface area contributed by atoms with E-state index in [1.165, 1.54) is 0 Å². The average Bonchev–Trinajstić information content (AvgIpc) is 3.03. The second kappa shape index (κ2) is 7.14. The van der Waals surface area contributed by atoms with Crippen LogP contribution >= 0.6 is 23.1 Å². The van der Waals surface area contributed by atoms with Gasteiger partial charge in [0.1, 0.15) is 5.82 Å². The van der Waals surface area contributed by atoms with Crippen LogP contribution < -0.4 is 10.6 Å². The van der Waals surface area contributed by atoms with Crippen molar-refractivity contribution in [3.05, 3.63) is 41.5 Å². The molecule has 1 atom stereocenters. The van der Waals surface area contributed by atoms with Crippen molar-refractivity contribution in [2.75, 3.05) is 24.7 Å². The largest absolute Gasteiger partial charge is 0.368 e. The molecule has 0 radical (unpaired) electrons. The number of hydrogen-bond acceptors (Lipinski definition) is 8. The molecule has 3 rings (SSSR count). The van der Waals surface area contributed by atoms with Crippen LogP contribution in [0.4, 0.5) is 11.9 Å². The third-order valence-corrected chi connectivity index (χ3v) is 5.32. The molecule has 0 saturated heterocycles. The van der Waals surface area contributed by atoms with Gasteiger partial charge in [0.2, 0.25) is 11.9 Å². The van der Waals surface area contributed by atoms with E-state index in [0.717, 1.165) is 15.6 Å². The molecule has 1 unspecified atom stereocenters. The van der Waals surface area contributed by atoms with Gasteiger partial charge in [0, 0.05) is 25.0 Å². The van der Waals surface area contributed by atoms with E-state index in [9.17, 15) is 0 Å². The number of rotatable bonds is 5. The highest BCUT2D eigenvalue weighted by Crippen LogP contribution is 2.37. The molecule has 1 aromatic carbocycles. The second-order valence-corrected chi connectivity index (χ2v) is 7.82. The van der Waals surface area contributed by atoms with E-state index in [4.69, 9.17) is 10.7 Å². The normalized spacial score (nSPS) is 12.1. The molecule has 0 amide bonds. The SMILES string of the molecule is CC(Sc1nc(-c2ccccc2)cs1)c1nc(N)nc(N(C)C)n1. The first-order valence-electron chi connectivity index (χ1n) is 7.39. The van der Waals surface area contributed by atoms with Crippen molar-refractivity contribution in [2.24, 2.45) is 0 Å². The van der Waals surface area contributed by atoms with E-state index in [2.05, 4.69) is 32.5 Å². The highest BCUT2D eigenvalue weighted by molar-refractivity contribution is 8.01. The third-order valence-electron chi connectivity index (χ3n) is 3.25. The molecular formula is C16H18N6S2. The average molecular weight is 358 g/mol. The molecule has 2 N–H and O–H groups in total. The molecular weight excluding hydrogens is 340 g/mol. The number of thioether (sulfide) groups is 1. The van der Waals surface area contributed by atoms with Crippen LogP contribution in [0.3, 0.4) is 0 Å². The van der Waals surface area contributed by atoms with Crippen LogP contribution in [-0.4, -0.2) is 34.0 Å². The van der Waals surface area contributed by atoms with Crippen molar-refractivity contribution in [1.29, 1.82) is 0 Å². The minimum absolute atomic E-state index is 0.0313. The first kappa shape index (κ1) is 16.7. The van der Waals surface area contributed by atoms with Gasteiger partial charge in [-0.2, -0.15) is 15.0 Å². The summed E-state index contributed by atoms with van der Waals surface area (Å²) >= 11 is 3.24. The van der Waals surface area contributed by atoms with Crippen LogP contribution in [0, 0.1) is 0 Å². The van der Waals surface area contributed by atoms with Crippen molar-refractivity contribution in [1.82, 2.24) is 19.9 Å². The number of aromatic nitrogens is 4. The van der Waals surface area contributed by atoms with Gasteiger partial charge < -0.3 is 10.6 Å². The van der Waals surface area contributed by atoms with Gasteiger partial charge in [-0.05, 0) is 6.92 Å². The Labute approximate surface area is 149 Å². The highest BCUT2D eigenvalue weighted by atomic mass is 32.2. The maximum absolute atomic E-state index is 5.80. The predicted molar refractivity (Wildman–Crippen MR) is 100 cm³/mol. The third kappa shape index (κ3) is 3.82. The van der Waals surface area contributed by atoms with Crippen LogP contribution in [-0.2, 0) is 0 Å². The molecule has 6 nitrogen and oxygen atoms in total. The smallest absolute Gasteiger partial charge is 0.229 e. The van der Waals surface area contributed by atoms with E-state index in [-0.39, 0.29) is 11.2 Å². The first-order chi connectivity index (χ1) is 11.5. The standard InChI is InChI=1S/C16H18N6S2/c1-10(13-19-14(17)21-15(20-13)22(2)3)24-16-18-12(9-23-16)11-7-5-4-6-8-11/h4-10H,1-3H3,(H2,17,19,20,21). The summed E-state index contributed by atoms with van der Waals surface area (Å²) in [6.07, 6.45) is 0. The summed E-state index contributed by atoms with van der Waals surface area (Å²) in [6.45, 7) is 2.04. The van der Waals surface area contributed by atoms with Gasteiger partial charge in [0.25, 0.3) is 0 Å². The molecule has 0 saturated carbocycles. The van der Waals surface area contributed by atoms with Crippen LogP contribution in [0.2, 0.25) is 0 Å². The number of nitrogens with two attached hydrogens (primary N) is 1. The second-order valence-electron chi connectivity index (χ2n) is 5.37. The minimum Gasteiger partial charge on any atom is -0.368 e. The lowest BCUT2D eigenvalue weighted by Gasteiger charge is -2.13. The molecule has 2 aromatic heterocycles. The summed E-state index contributed by atoms with van der Waals surface area (Å²) in [5.41, 5.74) is 7.90. The molecule has 0 aliphatic carbocycles. The van der Waals surface area contributed by atoms with E-state index >= 15 is 0 Å². The molecule has 0 aliphatic heterocycles. The zero-order valence-electron chi connectivity index (χ0n) is 13.7. The van der Waals surface area contributed by atoms with Gasteiger partial charge in [-0.25, -0.2) is 4.98 Å². The molecule has 8 heteroatoms. The number of nitrogen functional groups attached to an aromatic ring is 1. The van der Waals surface area contributed by atoms with E-state index in [1.807, 2.05) is 44.1 Å². The summed E-state index contributed by atoms with van der Waals surface area (Å²) in [5.74, 6) is 1.46. The Morgan fingerprint density at radius 2 is 1.83 bits per heavy atom. The molecule has 0 bridgehead atoms. The molecule has 24 heavy (non-hydrogen) atoms. The molecule has 0 spiro atoms. The maximum atomic E-state index is 5.80. The summed E-state index contributed by atoms with van der Waals surface area (Å²) in [4.78, 5) is 19.4. The lowest BCUT2D eigenvalue weighted by atomic mass is 10.2. The Balaban J connectivity index is 1.78. The molecule has 124 valence electrons. The lowest BCUT2D eigenvalue weighted by molar-refractivity contribution is 0.864. The van der Waals surface area contributed by atoms with Gasteiger partial charge in [-0.15, -0.1) is 11.3 Å². The Kier molecular flexibility index (Phi) is 4.96. The highest BCUT2D eigenvalue weighted by Gasteiger charge is 2.16. The predicted octanol–water partition coefficient (Wildman–Crippen LogP) is 3.50. The zero-order valence-corrected chi connectivity index (χ0v) is 15.3. The topological polar surface area (TPSA) is 80.8 Å². The summed E-state index contributed by atoms with van der Waals surface area (Å²) in [5, 5.41) is 2.10. The number of benzene rings is 1. The summed E-state index contributed by atoms with van der Waals surface area (Å²) in [7, 11) is 3.76. The fourth-order valence-corrected chi connectivity index (χ4v) is 4.05. The lowest BCUT2D eigenvalue weighted by Crippen LogP contribution is -2.16. The number of anilines is 2. The van der Waals surface area contributed by atoms with Gasteiger partial charge in [0.15, 0.2) is 4.34 Å². The van der Waals surface area contributed by atoms with Gasteiger partial charge in [-0.3, -0.25) is 0 Å². The van der Waals surface area contributed by atoms with E-state index in [1.54, 1.807) is 23.1 Å². The molecule has 3 aromatic rings.